The van der Waals surface area contributed by atoms with Gasteiger partial charge in [-0.25, -0.2) is 10.9 Å². The maximum Gasteiger partial charge on any atom is 0.246 e. The minimum absolute atomic E-state index is 0.0377. The monoisotopic (exact) mass is 383 g/mol. The number of rotatable bonds is 3. The Balaban J connectivity index is 1.62. The zero-order chi connectivity index (χ0) is 20.0. The van der Waals surface area contributed by atoms with E-state index in [9.17, 15) is 4.79 Å². The van der Waals surface area contributed by atoms with Gasteiger partial charge in [0.1, 0.15) is 6.04 Å². The Labute approximate surface area is 171 Å². The van der Waals surface area contributed by atoms with Crippen LogP contribution in [-0.4, -0.2) is 11.9 Å². The maximum atomic E-state index is 13.5. The van der Waals surface area contributed by atoms with Gasteiger partial charge in [0.25, 0.3) is 0 Å². The molecule has 4 heteroatoms. The van der Waals surface area contributed by atoms with Gasteiger partial charge in [-0.3, -0.25) is 4.79 Å². The topological polar surface area (TPSA) is 44.4 Å². The molecular formula is C25H25N3O. The molecule has 0 aromatic heterocycles. The number of hydrazine groups is 1. The van der Waals surface area contributed by atoms with E-state index in [4.69, 9.17) is 0 Å². The van der Waals surface area contributed by atoms with E-state index in [-0.39, 0.29) is 30.0 Å². The van der Waals surface area contributed by atoms with Gasteiger partial charge in [0.2, 0.25) is 5.91 Å². The van der Waals surface area contributed by atoms with E-state index in [1.807, 2.05) is 35.2 Å². The van der Waals surface area contributed by atoms with Crippen molar-refractivity contribution in [2.45, 2.75) is 32.0 Å². The highest BCUT2D eigenvalue weighted by molar-refractivity contribution is 6.01. The van der Waals surface area contributed by atoms with Crippen molar-refractivity contribution in [3.05, 3.63) is 101 Å². The molecule has 3 aromatic rings. The Morgan fingerprint density at radius 3 is 1.86 bits per heavy atom. The van der Waals surface area contributed by atoms with Crippen LogP contribution in [0.15, 0.2) is 78.9 Å². The Morgan fingerprint density at radius 2 is 1.24 bits per heavy atom. The van der Waals surface area contributed by atoms with E-state index in [2.05, 4.69) is 73.2 Å². The molecule has 0 radical (unpaired) electrons. The van der Waals surface area contributed by atoms with Gasteiger partial charge in [-0.1, -0.05) is 77.9 Å². The number of nitrogens with one attached hydrogen (secondary N) is 2. The molecule has 2 saturated heterocycles. The summed E-state index contributed by atoms with van der Waals surface area (Å²) in [5.74, 6) is 0.210. The number of benzene rings is 3. The summed E-state index contributed by atoms with van der Waals surface area (Å²) in [6.07, 6.45) is 0. The molecule has 4 nitrogen and oxygen atoms in total. The van der Waals surface area contributed by atoms with E-state index in [1.54, 1.807) is 0 Å². The van der Waals surface area contributed by atoms with Crippen LogP contribution >= 0.6 is 0 Å². The lowest BCUT2D eigenvalue weighted by Gasteiger charge is -2.31. The van der Waals surface area contributed by atoms with E-state index >= 15 is 0 Å². The first-order chi connectivity index (χ1) is 14.1. The predicted molar refractivity (Wildman–Crippen MR) is 115 cm³/mol. The highest BCUT2D eigenvalue weighted by Gasteiger charge is 2.55. The number of amides is 1. The van der Waals surface area contributed by atoms with Crippen LogP contribution in [0.5, 0.6) is 0 Å². The number of fused-ring (bicyclic) bond motifs is 1. The standard InChI is InChI=1S/C25H25N3O/c1-16-8-12-18(13-9-16)22-21-23(27-26-22)25(29)28(20-6-4-3-5-7-20)24(21)19-14-10-17(2)11-15-19/h3-15,21-24,26-27H,1-2H3. The molecular weight excluding hydrogens is 358 g/mol. The van der Waals surface area contributed by atoms with Crippen molar-refractivity contribution in [2.24, 2.45) is 5.92 Å². The van der Waals surface area contributed by atoms with Crippen LogP contribution in [0.3, 0.4) is 0 Å². The second-order valence-corrected chi connectivity index (χ2v) is 8.13. The second kappa shape index (κ2) is 7.14. The molecule has 2 N–H and O–H groups in total. The van der Waals surface area contributed by atoms with Gasteiger partial charge >= 0.3 is 0 Å². The molecule has 5 rings (SSSR count). The third-order valence-corrected chi connectivity index (χ3v) is 6.20. The summed E-state index contributed by atoms with van der Waals surface area (Å²) >= 11 is 0. The number of hydrogen-bond acceptors (Lipinski definition) is 3. The summed E-state index contributed by atoms with van der Waals surface area (Å²) in [6.45, 7) is 4.19. The number of para-hydroxylation sites is 1. The second-order valence-electron chi connectivity index (χ2n) is 8.13. The van der Waals surface area contributed by atoms with E-state index in [0.29, 0.717) is 0 Å². The molecule has 0 saturated carbocycles. The van der Waals surface area contributed by atoms with Crippen LogP contribution in [0.2, 0.25) is 0 Å². The molecule has 3 aromatic carbocycles. The highest BCUT2D eigenvalue weighted by Crippen LogP contribution is 2.48. The number of aryl methyl sites for hydroxylation is 2. The summed E-state index contributed by atoms with van der Waals surface area (Å²) in [6, 6.07) is 27.0. The van der Waals surface area contributed by atoms with Gasteiger partial charge in [0.15, 0.2) is 0 Å². The Morgan fingerprint density at radius 1 is 0.690 bits per heavy atom. The van der Waals surface area contributed by atoms with Crippen molar-refractivity contribution in [3.63, 3.8) is 0 Å². The Kier molecular flexibility index (Phi) is 4.46. The molecule has 2 fully saturated rings. The fourth-order valence-electron chi connectivity index (χ4n) is 4.71. The zero-order valence-electron chi connectivity index (χ0n) is 16.7. The summed E-state index contributed by atoms with van der Waals surface area (Å²) in [5.41, 5.74) is 12.5. The van der Waals surface area contributed by atoms with E-state index in [1.165, 1.54) is 22.3 Å². The van der Waals surface area contributed by atoms with Gasteiger partial charge in [0.05, 0.1) is 12.1 Å². The average Bonchev–Trinajstić information content (AvgIpc) is 3.29. The molecule has 0 aliphatic carbocycles. The van der Waals surface area contributed by atoms with Crippen molar-refractivity contribution in [1.82, 2.24) is 10.9 Å². The van der Waals surface area contributed by atoms with Crippen LogP contribution in [0.1, 0.15) is 34.3 Å². The van der Waals surface area contributed by atoms with Crippen LogP contribution in [0.4, 0.5) is 5.69 Å². The smallest absolute Gasteiger partial charge is 0.246 e. The molecule has 0 spiro atoms. The minimum Gasteiger partial charge on any atom is -0.303 e. The Bertz CT molecular complexity index is 1010. The van der Waals surface area contributed by atoms with Crippen molar-refractivity contribution in [1.29, 1.82) is 0 Å². The van der Waals surface area contributed by atoms with Crippen molar-refractivity contribution in [3.8, 4) is 0 Å². The molecule has 2 aliphatic rings. The van der Waals surface area contributed by atoms with Gasteiger partial charge in [0, 0.05) is 11.6 Å². The van der Waals surface area contributed by atoms with Crippen molar-refractivity contribution in [2.75, 3.05) is 4.90 Å². The summed E-state index contributed by atoms with van der Waals surface area (Å²) in [7, 11) is 0. The number of carbonyl (C=O) groups is 1. The van der Waals surface area contributed by atoms with Gasteiger partial charge in [-0.2, -0.15) is 0 Å². The first-order valence-electron chi connectivity index (χ1n) is 10.2. The number of anilines is 1. The zero-order valence-corrected chi connectivity index (χ0v) is 16.7. The quantitative estimate of drug-likeness (QED) is 0.712. The largest absolute Gasteiger partial charge is 0.303 e. The molecule has 2 heterocycles. The lowest BCUT2D eigenvalue weighted by atomic mass is 9.83. The number of carbonyl (C=O) groups excluding carboxylic acids is 1. The molecule has 1 amide bonds. The van der Waals surface area contributed by atoms with Crippen LogP contribution in [-0.2, 0) is 4.79 Å². The molecule has 146 valence electrons. The molecule has 4 atom stereocenters. The van der Waals surface area contributed by atoms with Gasteiger partial charge in [-0.05, 0) is 37.1 Å². The SMILES string of the molecule is Cc1ccc(C2NNC3C(=O)N(c4ccccc4)C(c4ccc(C)cc4)C32)cc1. The molecule has 2 aliphatic heterocycles. The van der Waals surface area contributed by atoms with Gasteiger partial charge < -0.3 is 4.90 Å². The fraction of sp³-hybridized carbons (Fsp3) is 0.240. The average molecular weight is 383 g/mol. The first kappa shape index (κ1) is 18.1. The van der Waals surface area contributed by atoms with Crippen molar-refractivity contribution >= 4 is 11.6 Å². The van der Waals surface area contributed by atoms with Crippen LogP contribution in [0, 0.1) is 19.8 Å². The lowest BCUT2D eigenvalue weighted by Crippen LogP contribution is -2.41. The van der Waals surface area contributed by atoms with E-state index in [0.717, 1.165) is 5.69 Å². The fourth-order valence-corrected chi connectivity index (χ4v) is 4.71. The molecule has 4 unspecified atom stereocenters. The maximum absolute atomic E-state index is 13.5. The highest BCUT2D eigenvalue weighted by atomic mass is 16.2. The lowest BCUT2D eigenvalue weighted by molar-refractivity contribution is -0.119. The van der Waals surface area contributed by atoms with Crippen LogP contribution in [0.25, 0.3) is 0 Å². The third kappa shape index (κ3) is 3.05. The Hall–Kier alpha value is -2.95. The summed E-state index contributed by atoms with van der Waals surface area (Å²) in [5, 5.41) is 0. The number of nitrogens with zero attached hydrogens (tertiary/aromatic N) is 1. The number of hydrogen-bond donors (Lipinski definition) is 2. The molecule has 0 bridgehead atoms. The summed E-state index contributed by atoms with van der Waals surface area (Å²) in [4.78, 5) is 15.5. The van der Waals surface area contributed by atoms with Gasteiger partial charge in [-0.15, -0.1) is 0 Å². The summed E-state index contributed by atoms with van der Waals surface area (Å²) < 4.78 is 0. The van der Waals surface area contributed by atoms with Crippen molar-refractivity contribution < 1.29 is 4.79 Å². The van der Waals surface area contributed by atoms with Crippen LogP contribution < -0.4 is 15.8 Å². The third-order valence-electron chi connectivity index (χ3n) is 6.20. The minimum atomic E-state index is -0.257. The first-order valence-corrected chi connectivity index (χ1v) is 10.2. The van der Waals surface area contributed by atoms with E-state index < -0.39 is 0 Å². The molecule has 29 heavy (non-hydrogen) atoms. The predicted octanol–water partition coefficient (Wildman–Crippen LogP) is 4.23. The normalized spacial score (nSPS) is 26.0.